The van der Waals surface area contributed by atoms with Crippen LogP contribution in [0.25, 0.3) is 0 Å². The number of nitrogens with one attached hydrogen (secondary N) is 3. The minimum Gasteiger partial charge on any atom is -0.462 e. The van der Waals surface area contributed by atoms with E-state index < -0.39 is 0 Å². The van der Waals surface area contributed by atoms with Crippen LogP contribution in [0, 0.1) is 0 Å². The van der Waals surface area contributed by atoms with Gasteiger partial charge in [-0.3, -0.25) is 0 Å². The van der Waals surface area contributed by atoms with Crippen LogP contribution < -0.4 is 16.3 Å². The highest BCUT2D eigenvalue weighted by atomic mass is 16.5. The zero-order valence-corrected chi connectivity index (χ0v) is 18.1. The first-order valence-corrected chi connectivity index (χ1v) is 10.6. The Balaban J connectivity index is 1.44. The lowest BCUT2D eigenvalue weighted by molar-refractivity contribution is 0.0126. The van der Waals surface area contributed by atoms with Crippen molar-refractivity contribution in [3.05, 3.63) is 90.5 Å². The van der Waals surface area contributed by atoms with Gasteiger partial charge < -0.3 is 21.0 Å². The largest absolute Gasteiger partial charge is 0.462 e. The molecule has 0 aliphatic carbocycles. The Labute approximate surface area is 188 Å². The Morgan fingerprint density at radius 1 is 0.688 bits per heavy atom. The highest BCUT2D eigenvalue weighted by Crippen LogP contribution is 2.17. The second-order valence-corrected chi connectivity index (χ2v) is 7.41. The number of benzene rings is 3. The molecule has 0 bridgehead atoms. The summed E-state index contributed by atoms with van der Waals surface area (Å²) in [6, 6.07) is 27.5. The molecule has 1 saturated heterocycles. The fraction of sp³-hybridized carbons (Fsp3) is 0.208. The molecule has 0 saturated carbocycles. The molecule has 166 valence electrons. The lowest BCUT2D eigenvalue weighted by Crippen LogP contribution is -2.59. The van der Waals surface area contributed by atoms with Gasteiger partial charge in [0.15, 0.2) is 0 Å². The maximum Gasteiger partial charge on any atom is 0.338 e. The first-order chi connectivity index (χ1) is 15.7. The minimum absolute atomic E-state index is 0.312. The molecular weight excluding hydrogens is 404 g/mol. The maximum atomic E-state index is 11.9. The number of hydrogen-bond acceptors (Lipinski definition) is 8. The number of hydrogen-bond donors (Lipinski definition) is 3. The van der Waals surface area contributed by atoms with Gasteiger partial charge in [0.1, 0.15) is 0 Å². The standard InChI is InChI=1S/C24H28N6O2/c1-2-32-24(31)20-13-15-23(16-14-20)27-30-18-28(25-21-9-5-3-6-10-21)17-29(19-30)26-22-11-7-4-8-12-22/h3-16,25-27H,2,17-19H2,1H3. The van der Waals surface area contributed by atoms with E-state index in [0.717, 1.165) is 17.1 Å². The van der Waals surface area contributed by atoms with Crippen molar-refractivity contribution in [2.45, 2.75) is 6.92 Å². The van der Waals surface area contributed by atoms with Crippen LogP contribution in [0.5, 0.6) is 0 Å². The summed E-state index contributed by atoms with van der Waals surface area (Å²) in [7, 11) is 0. The number of carbonyl (C=O) groups excluding carboxylic acids is 1. The van der Waals surface area contributed by atoms with Gasteiger partial charge in [0, 0.05) is 17.1 Å². The Hall–Kier alpha value is -3.59. The second-order valence-electron chi connectivity index (χ2n) is 7.41. The van der Waals surface area contributed by atoms with Crippen LogP contribution in [-0.2, 0) is 4.74 Å². The number of hydrazine groups is 3. The molecule has 32 heavy (non-hydrogen) atoms. The van der Waals surface area contributed by atoms with Crippen LogP contribution in [0.4, 0.5) is 17.1 Å². The Morgan fingerprint density at radius 2 is 1.09 bits per heavy atom. The van der Waals surface area contributed by atoms with Crippen molar-refractivity contribution in [1.82, 2.24) is 15.0 Å². The van der Waals surface area contributed by atoms with Crippen LogP contribution in [0.2, 0.25) is 0 Å². The predicted molar refractivity (Wildman–Crippen MR) is 126 cm³/mol. The smallest absolute Gasteiger partial charge is 0.338 e. The van der Waals surface area contributed by atoms with E-state index in [2.05, 4.69) is 31.3 Å². The van der Waals surface area contributed by atoms with E-state index in [1.54, 1.807) is 19.1 Å². The monoisotopic (exact) mass is 432 g/mol. The van der Waals surface area contributed by atoms with Crippen molar-refractivity contribution in [3.8, 4) is 0 Å². The quantitative estimate of drug-likeness (QED) is 0.461. The minimum atomic E-state index is -0.312. The molecule has 1 aliphatic heterocycles. The van der Waals surface area contributed by atoms with Gasteiger partial charge in [0.2, 0.25) is 0 Å². The molecule has 3 aromatic rings. The van der Waals surface area contributed by atoms with Crippen LogP contribution in [-0.4, -0.2) is 47.6 Å². The van der Waals surface area contributed by atoms with Gasteiger partial charge in [-0.25, -0.2) is 4.79 Å². The fourth-order valence-corrected chi connectivity index (χ4v) is 3.43. The summed E-state index contributed by atoms with van der Waals surface area (Å²) < 4.78 is 5.06. The van der Waals surface area contributed by atoms with Gasteiger partial charge in [0.05, 0.1) is 32.2 Å². The fourth-order valence-electron chi connectivity index (χ4n) is 3.43. The van der Waals surface area contributed by atoms with Crippen molar-refractivity contribution < 1.29 is 9.53 Å². The number of carbonyl (C=O) groups is 1. The van der Waals surface area contributed by atoms with Crippen molar-refractivity contribution in [2.75, 3.05) is 42.9 Å². The Morgan fingerprint density at radius 3 is 1.50 bits per heavy atom. The zero-order valence-electron chi connectivity index (χ0n) is 18.1. The second kappa shape index (κ2) is 10.6. The van der Waals surface area contributed by atoms with Gasteiger partial charge in [-0.1, -0.05) is 36.4 Å². The van der Waals surface area contributed by atoms with E-state index in [0.29, 0.717) is 32.2 Å². The van der Waals surface area contributed by atoms with Crippen LogP contribution >= 0.6 is 0 Å². The highest BCUT2D eigenvalue weighted by molar-refractivity contribution is 5.89. The summed E-state index contributed by atoms with van der Waals surface area (Å²) >= 11 is 0. The molecule has 8 heteroatoms. The third-order valence-electron chi connectivity index (χ3n) is 4.83. The van der Waals surface area contributed by atoms with E-state index >= 15 is 0 Å². The Bertz CT molecular complexity index is 935. The zero-order chi connectivity index (χ0) is 22.2. The van der Waals surface area contributed by atoms with E-state index in [4.69, 9.17) is 4.74 Å². The molecule has 4 rings (SSSR count). The van der Waals surface area contributed by atoms with Crippen molar-refractivity contribution in [2.24, 2.45) is 0 Å². The summed E-state index contributed by atoms with van der Waals surface area (Å²) in [6.45, 7) is 4.11. The summed E-state index contributed by atoms with van der Waals surface area (Å²) in [4.78, 5) is 11.9. The summed E-state index contributed by atoms with van der Waals surface area (Å²) in [5.74, 6) is -0.312. The van der Waals surface area contributed by atoms with Crippen LogP contribution in [0.15, 0.2) is 84.9 Å². The molecule has 1 aliphatic rings. The van der Waals surface area contributed by atoms with E-state index in [-0.39, 0.29) is 5.97 Å². The van der Waals surface area contributed by atoms with Gasteiger partial charge in [-0.15, -0.1) is 0 Å². The molecular formula is C24H28N6O2. The molecule has 0 aromatic heterocycles. The number of anilines is 3. The molecule has 1 heterocycles. The normalized spacial score (nSPS) is 15.2. The van der Waals surface area contributed by atoms with Gasteiger partial charge in [0.25, 0.3) is 0 Å². The molecule has 8 nitrogen and oxygen atoms in total. The molecule has 1 fully saturated rings. The first kappa shape index (κ1) is 21.6. The maximum absolute atomic E-state index is 11.9. The third kappa shape index (κ3) is 5.98. The van der Waals surface area contributed by atoms with Gasteiger partial charge in [-0.05, 0) is 55.5 Å². The molecule has 0 unspecified atom stereocenters. The summed E-state index contributed by atoms with van der Waals surface area (Å²) in [5, 5.41) is 6.29. The van der Waals surface area contributed by atoms with E-state index in [1.807, 2.05) is 72.8 Å². The lowest BCUT2D eigenvalue weighted by Gasteiger charge is -2.42. The first-order valence-electron chi connectivity index (χ1n) is 10.6. The van der Waals surface area contributed by atoms with Crippen molar-refractivity contribution in [3.63, 3.8) is 0 Å². The van der Waals surface area contributed by atoms with E-state index in [9.17, 15) is 4.79 Å². The van der Waals surface area contributed by atoms with Gasteiger partial charge in [-0.2, -0.15) is 15.0 Å². The number of rotatable bonds is 8. The average molecular weight is 433 g/mol. The number of nitrogens with zero attached hydrogens (tertiary/aromatic N) is 3. The van der Waals surface area contributed by atoms with Crippen molar-refractivity contribution >= 4 is 23.0 Å². The predicted octanol–water partition coefficient (Wildman–Crippen LogP) is 4.04. The molecule has 3 aromatic carbocycles. The van der Waals surface area contributed by atoms with Gasteiger partial charge >= 0.3 is 5.97 Å². The topological polar surface area (TPSA) is 72.1 Å². The third-order valence-corrected chi connectivity index (χ3v) is 4.83. The SMILES string of the molecule is CCOC(=O)c1ccc(NN2CN(Nc3ccccc3)CN(Nc3ccccc3)C2)cc1. The molecule has 3 N–H and O–H groups in total. The average Bonchev–Trinajstić information content (AvgIpc) is 2.81. The van der Waals surface area contributed by atoms with Crippen LogP contribution in [0.3, 0.4) is 0 Å². The summed E-state index contributed by atoms with van der Waals surface area (Å²) in [6.07, 6.45) is 0. The Kier molecular flexibility index (Phi) is 7.19. The molecule has 0 atom stereocenters. The number of para-hydroxylation sites is 2. The summed E-state index contributed by atoms with van der Waals surface area (Å²) in [5.41, 5.74) is 13.8. The highest BCUT2D eigenvalue weighted by Gasteiger charge is 2.24. The molecule has 0 radical (unpaired) electrons. The number of ether oxygens (including phenoxy) is 1. The lowest BCUT2D eigenvalue weighted by atomic mass is 10.2. The van der Waals surface area contributed by atoms with Crippen LogP contribution in [0.1, 0.15) is 17.3 Å². The molecule has 0 amide bonds. The molecule has 0 spiro atoms. The number of esters is 1. The van der Waals surface area contributed by atoms with E-state index in [1.165, 1.54) is 0 Å². The van der Waals surface area contributed by atoms with Crippen molar-refractivity contribution in [1.29, 1.82) is 0 Å².